The van der Waals surface area contributed by atoms with Crippen LogP contribution in [0.3, 0.4) is 0 Å². The molecule has 1 aromatic rings. The SMILES string of the molecule is COCCOCC(=O)N1CCCN(C(=O)c2ccccc2Br)CC1. The van der Waals surface area contributed by atoms with E-state index >= 15 is 0 Å². The highest BCUT2D eigenvalue weighted by Gasteiger charge is 2.23. The van der Waals surface area contributed by atoms with E-state index in [1.807, 2.05) is 24.3 Å². The van der Waals surface area contributed by atoms with Gasteiger partial charge < -0.3 is 19.3 Å². The van der Waals surface area contributed by atoms with Crippen LogP contribution in [0.1, 0.15) is 16.8 Å². The predicted octanol–water partition coefficient (Wildman–Crippen LogP) is 1.79. The second-order valence-corrected chi connectivity index (χ2v) is 6.41. The lowest BCUT2D eigenvalue weighted by Crippen LogP contribution is -2.39. The smallest absolute Gasteiger partial charge is 0.255 e. The average Bonchev–Trinajstić information content (AvgIpc) is 2.84. The molecule has 0 atom stereocenters. The molecule has 2 amide bonds. The third-order valence-electron chi connectivity index (χ3n) is 3.90. The topological polar surface area (TPSA) is 59.1 Å². The van der Waals surface area contributed by atoms with E-state index in [9.17, 15) is 9.59 Å². The van der Waals surface area contributed by atoms with Crippen LogP contribution in [0.4, 0.5) is 0 Å². The monoisotopic (exact) mass is 398 g/mol. The van der Waals surface area contributed by atoms with Crippen molar-refractivity contribution in [2.45, 2.75) is 6.42 Å². The number of rotatable bonds is 6. The van der Waals surface area contributed by atoms with Gasteiger partial charge in [0.1, 0.15) is 6.61 Å². The lowest BCUT2D eigenvalue weighted by atomic mass is 10.2. The van der Waals surface area contributed by atoms with Gasteiger partial charge in [-0.05, 0) is 34.5 Å². The normalized spacial score (nSPS) is 15.2. The number of halogens is 1. The van der Waals surface area contributed by atoms with Gasteiger partial charge in [-0.3, -0.25) is 9.59 Å². The summed E-state index contributed by atoms with van der Waals surface area (Å²) >= 11 is 3.42. The molecule has 6 nitrogen and oxygen atoms in total. The van der Waals surface area contributed by atoms with E-state index in [0.717, 1.165) is 10.9 Å². The second kappa shape index (κ2) is 9.76. The van der Waals surface area contributed by atoms with Crippen LogP contribution in [0.25, 0.3) is 0 Å². The first kappa shape index (κ1) is 18.9. The van der Waals surface area contributed by atoms with Gasteiger partial charge in [0.2, 0.25) is 5.91 Å². The van der Waals surface area contributed by atoms with Crippen molar-refractivity contribution in [3.8, 4) is 0 Å². The molecule has 0 N–H and O–H groups in total. The first-order valence-corrected chi connectivity index (χ1v) is 8.81. The van der Waals surface area contributed by atoms with Crippen molar-refractivity contribution in [1.29, 1.82) is 0 Å². The molecule has 0 radical (unpaired) electrons. The zero-order chi connectivity index (χ0) is 17.4. The van der Waals surface area contributed by atoms with Gasteiger partial charge in [-0.15, -0.1) is 0 Å². The summed E-state index contributed by atoms with van der Waals surface area (Å²) in [5.74, 6) is -0.0468. The molecule has 1 saturated heterocycles. The molecule has 0 unspecified atom stereocenters. The van der Waals surface area contributed by atoms with Crippen LogP contribution < -0.4 is 0 Å². The maximum Gasteiger partial charge on any atom is 0.255 e. The number of amides is 2. The number of carbonyl (C=O) groups is 2. The van der Waals surface area contributed by atoms with Gasteiger partial charge in [-0.25, -0.2) is 0 Å². The van der Waals surface area contributed by atoms with E-state index in [1.165, 1.54) is 0 Å². The fourth-order valence-corrected chi connectivity index (χ4v) is 3.02. The molecule has 24 heavy (non-hydrogen) atoms. The number of hydrogen-bond donors (Lipinski definition) is 0. The van der Waals surface area contributed by atoms with Crippen LogP contribution >= 0.6 is 15.9 Å². The average molecular weight is 399 g/mol. The van der Waals surface area contributed by atoms with Crippen LogP contribution in [0.15, 0.2) is 28.7 Å². The molecule has 0 aromatic heterocycles. The largest absolute Gasteiger partial charge is 0.382 e. The van der Waals surface area contributed by atoms with E-state index in [0.29, 0.717) is 45.0 Å². The van der Waals surface area contributed by atoms with Gasteiger partial charge in [0.05, 0.1) is 18.8 Å². The highest BCUT2D eigenvalue weighted by atomic mass is 79.9. The number of ether oxygens (including phenoxy) is 2. The molecule has 0 spiro atoms. The summed E-state index contributed by atoms with van der Waals surface area (Å²) in [5.41, 5.74) is 0.653. The number of carbonyl (C=O) groups excluding carboxylic acids is 2. The fourth-order valence-electron chi connectivity index (χ4n) is 2.57. The Balaban J connectivity index is 1.87. The van der Waals surface area contributed by atoms with Crippen molar-refractivity contribution in [2.75, 3.05) is 53.1 Å². The minimum absolute atomic E-state index is 0.00637. The molecule has 132 valence electrons. The van der Waals surface area contributed by atoms with E-state index in [-0.39, 0.29) is 18.4 Å². The van der Waals surface area contributed by atoms with Crippen LogP contribution in [-0.4, -0.2) is 74.7 Å². The Morgan fingerprint density at radius 3 is 2.54 bits per heavy atom. The summed E-state index contributed by atoms with van der Waals surface area (Å²) in [7, 11) is 1.59. The fraction of sp³-hybridized carbons (Fsp3) is 0.529. The molecule has 1 aromatic carbocycles. The van der Waals surface area contributed by atoms with Crippen LogP contribution in [-0.2, 0) is 14.3 Å². The zero-order valence-electron chi connectivity index (χ0n) is 13.9. The summed E-state index contributed by atoms with van der Waals surface area (Å²) < 4.78 is 11.0. The van der Waals surface area contributed by atoms with Crippen LogP contribution in [0, 0.1) is 0 Å². The molecule has 1 heterocycles. The second-order valence-electron chi connectivity index (χ2n) is 5.55. The van der Waals surface area contributed by atoms with Crippen molar-refractivity contribution in [1.82, 2.24) is 9.80 Å². The summed E-state index contributed by atoms with van der Waals surface area (Å²) in [6.45, 7) is 3.29. The van der Waals surface area contributed by atoms with Crippen molar-refractivity contribution in [3.05, 3.63) is 34.3 Å². The number of nitrogens with zero attached hydrogens (tertiary/aromatic N) is 2. The van der Waals surface area contributed by atoms with Crippen molar-refractivity contribution < 1.29 is 19.1 Å². The molecule has 0 aliphatic carbocycles. The molecule has 0 saturated carbocycles. The summed E-state index contributed by atoms with van der Waals surface area (Å²) in [5, 5.41) is 0. The third-order valence-corrected chi connectivity index (χ3v) is 4.59. The Bertz CT molecular complexity index is 567. The first-order valence-electron chi connectivity index (χ1n) is 8.01. The van der Waals surface area contributed by atoms with E-state index in [4.69, 9.17) is 9.47 Å². The van der Waals surface area contributed by atoms with Gasteiger partial charge in [-0.1, -0.05) is 12.1 Å². The molecule has 0 bridgehead atoms. The highest BCUT2D eigenvalue weighted by molar-refractivity contribution is 9.10. The van der Waals surface area contributed by atoms with Gasteiger partial charge in [-0.2, -0.15) is 0 Å². The Labute approximate surface area is 150 Å². The Kier molecular flexibility index (Phi) is 7.68. The van der Waals surface area contributed by atoms with Crippen LogP contribution in [0.5, 0.6) is 0 Å². The van der Waals surface area contributed by atoms with Gasteiger partial charge in [0.15, 0.2) is 0 Å². The number of methoxy groups -OCH3 is 1. The Morgan fingerprint density at radius 1 is 1.08 bits per heavy atom. The minimum atomic E-state index is -0.0405. The van der Waals surface area contributed by atoms with Gasteiger partial charge >= 0.3 is 0 Å². The quantitative estimate of drug-likeness (QED) is 0.685. The Hall–Kier alpha value is -1.44. The zero-order valence-corrected chi connectivity index (χ0v) is 15.5. The molecule has 1 fully saturated rings. The number of hydrogen-bond acceptors (Lipinski definition) is 4. The maximum atomic E-state index is 12.6. The van der Waals surface area contributed by atoms with Gasteiger partial charge in [0.25, 0.3) is 5.91 Å². The highest BCUT2D eigenvalue weighted by Crippen LogP contribution is 2.18. The minimum Gasteiger partial charge on any atom is -0.382 e. The van der Waals surface area contributed by atoms with Crippen molar-refractivity contribution in [3.63, 3.8) is 0 Å². The number of benzene rings is 1. The summed E-state index contributed by atoms with van der Waals surface area (Å²) in [4.78, 5) is 28.4. The summed E-state index contributed by atoms with van der Waals surface area (Å²) in [6, 6.07) is 7.40. The van der Waals surface area contributed by atoms with E-state index in [1.54, 1.807) is 16.9 Å². The lowest BCUT2D eigenvalue weighted by Gasteiger charge is -2.22. The third kappa shape index (κ3) is 5.29. The van der Waals surface area contributed by atoms with Crippen LogP contribution in [0.2, 0.25) is 0 Å². The van der Waals surface area contributed by atoms with E-state index < -0.39 is 0 Å². The molecule has 1 aliphatic heterocycles. The lowest BCUT2D eigenvalue weighted by molar-refractivity contribution is -0.136. The maximum absolute atomic E-state index is 12.6. The molecular formula is C17H23BrN2O4. The van der Waals surface area contributed by atoms with Gasteiger partial charge in [0, 0.05) is 37.8 Å². The van der Waals surface area contributed by atoms with Crippen molar-refractivity contribution in [2.24, 2.45) is 0 Å². The standard InChI is InChI=1S/C17H23BrN2O4/c1-23-11-12-24-13-16(21)19-7-4-8-20(10-9-19)17(22)14-5-2-3-6-15(14)18/h2-3,5-6H,4,7-13H2,1H3. The summed E-state index contributed by atoms with van der Waals surface area (Å²) in [6.07, 6.45) is 0.764. The molecule has 1 aliphatic rings. The molecule has 7 heteroatoms. The van der Waals surface area contributed by atoms with E-state index in [2.05, 4.69) is 15.9 Å². The Morgan fingerprint density at radius 2 is 1.79 bits per heavy atom. The first-order chi connectivity index (χ1) is 11.6. The molecular weight excluding hydrogens is 376 g/mol. The molecule has 2 rings (SSSR count). The van der Waals surface area contributed by atoms with Crippen molar-refractivity contribution >= 4 is 27.7 Å². The predicted molar refractivity (Wildman–Crippen MR) is 93.9 cm³/mol.